The monoisotopic (exact) mass is 410 g/mol. The van der Waals surface area contributed by atoms with Crippen LogP contribution in [0.1, 0.15) is 60.8 Å². The highest BCUT2D eigenvalue weighted by atomic mass is 16.2. The average molecular weight is 411 g/mol. The molecule has 0 saturated carbocycles. The number of rotatable bonds is 6. The largest absolute Gasteiger partial charge is 0.342 e. The van der Waals surface area contributed by atoms with Gasteiger partial charge in [0.05, 0.1) is 11.4 Å². The topological polar surface area (TPSA) is 88.3 Å². The summed E-state index contributed by atoms with van der Waals surface area (Å²) in [6.07, 6.45) is 4.88. The summed E-state index contributed by atoms with van der Waals surface area (Å²) >= 11 is 0. The van der Waals surface area contributed by atoms with E-state index in [1.165, 1.54) is 4.52 Å². The number of aromatic amines is 1. The summed E-state index contributed by atoms with van der Waals surface area (Å²) in [6.45, 7) is 10.3. The number of nitrogens with one attached hydrogen (secondary N) is 1. The van der Waals surface area contributed by atoms with Crippen LogP contribution in [0.5, 0.6) is 0 Å². The third kappa shape index (κ3) is 3.66. The molecule has 0 spiro atoms. The third-order valence-corrected chi connectivity index (χ3v) is 6.23. The van der Waals surface area contributed by atoms with E-state index in [4.69, 9.17) is 4.98 Å². The molecule has 4 heterocycles. The number of hydrogen-bond donors (Lipinski definition) is 1. The predicted octanol–water partition coefficient (Wildman–Crippen LogP) is 2.37. The van der Waals surface area contributed by atoms with Gasteiger partial charge >= 0.3 is 0 Å². The zero-order chi connectivity index (χ0) is 21.4. The van der Waals surface area contributed by atoms with E-state index in [9.17, 15) is 9.59 Å². The number of H-pyrrole nitrogens is 1. The highest BCUT2D eigenvalue weighted by Gasteiger charge is 2.29. The van der Waals surface area contributed by atoms with Crippen LogP contribution in [0.2, 0.25) is 0 Å². The molecule has 30 heavy (non-hydrogen) atoms. The lowest BCUT2D eigenvalue weighted by molar-refractivity contribution is -0.130. The van der Waals surface area contributed by atoms with Crippen molar-refractivity contribution < 1.29 is 4.79 Å². The van der Waals surface area contributed by atoms with Crippen molar-refractivity contribution in [2.45, 2.75) is 65.8 Å². The fourth-order valence-electron chi connectivity index (χ4n) is 4.44. The molecular formula is C22H30N6O2. The lowest BCUT2D eigenvalue weighted by atomic mass is 10.0. The van der Waals surface area contributed by atoms with Crippen LogP contribution in [0.25, 0.3) is 5.65 Å². The van der Waals surface area contributed by atoms with E-state index in [1.54, 1.807) is 6.07 Å². The van der Waals surface area contributed by atoms with Crippen LogP contribution >= 0.6 is 0 Å². The average Bonchev–Trinajstić information content (AvgIpc) is 3.43. The van der Waals surface area contributed by atoms with Gasteiger partial charge in [0.2, 0.25) is 5.91 Å². The van der Waals surface area contributed by atoms with Crippen molar-refractivity contribution in [2.75, 3.05) is 13.1 Å². The Morgan fingerprint density at radius 2 is 2.10 bits per heavy atom. The lowest BCUT2D eigenvalue weighted by Crippen LogP contribution is -2.29. The Labute approximate surface area is 175 Å². The summed E-state index contributed by atoms with van der Waals surface area (Å²) in [7, 11) is 0. The predicted molar refractivity (Wildman–Crippen MR) is 115 cm³/mol. The van der Waals surface area contributed by atoms with Crippen molar-refractivity contribution in [2.24, 2.45) is 0 Å². The second kappa shape index (κ2) is 8.08. The summed E-state index contributed by atoms with van der Waals surface area (Å²) in [5.41, 5.74) is 5.60. The van der Waals surface area contributed by atoms with Crippen molar-refractivity contribution in [3.05, 3.63) is 50.8 Å². The van der Waals surface area contributed by atoms with Crippen molar-refractivity contribution in [3.8, 4) is 0 Å². The molecule has 0 aliphatic carbocycles. The quantitative estimate of drug-likeness (QED) is 0.676. The van der Waals surface area contributed by atoms with Crippen molar-refractivity contribution in [1.29, 1.82) is 0 Å². The fourth-order valence-corrected chi connectivity index (χ4v) is 4.44. The van der Waals surface area contributed by atoms with Crippen LogP contribution in [-0.2, 0) is 24.2 Å². The molecule has 1 saturated heterocycles. The van der Waals surface area contributed by atoms with Crippen LogP contribution in [0.3, 0.4) is 0 Å². The second-order valence-electron chi connectivity index (χ2n) is 8.17. The minimum atomic E-state index is -0.0917. The highest BCUT2D eigenvalue weighted by molar-refractivity contribution is 5.77. The van der Waals surface area contributed by atoms with Gasteiger partial charge in [-0.1, -0.05) is 6.92 Å². The normalized spacial score (nSPS) is 16.7. The Bertz CT molecular complexity index is 1140. The smallest absolute Gasteiger partial charge is 0.272 e. The Hall–Kier alpha value is -2.90. The molecule has 0 unspecified atom stereocenters. The molecular weight excluding hydrogens is 380 g/mol. The molecule has 8 heteroatoms. The summed E-state index contributed by atoms with van der Waals surface area (Å²) < 4.78 is 3.43. The molecule has 3 aromatic rings. The Kier molecular flexibility index (Phi) is 5.49. The van der Waals surface area contributed by atoms with Gasteiger partial charge in [0.1, 0.15) is 0 Å². The summed E-state index contributed by atoms with van der Waals surface area (Å²) in [6, 6.07) is 1.61. The van der Waals surface area contributed by atoms with E-state index in [0.717, 1.165) is 47.6 Å². The van der Waals surface area contributed by atoms with E-state index in [-0.39, 0.29) is 17.4 Å². The number of nitrogens with zero attached hydrogens (tertiary/aromatic N) is 5. The zero-order valence-electron chi connectivity index (χ0n) is 18.2. The van der Waals surface area contributed by atoms with Crippen LogP contribution in [0.15, 0.2) is 17.1 Å². The maximum atomic E-state index is 12.8. The molecule has 1 aliphatic heterocycles. The molecule has 4 rings (SSSR count). The van der Waals surface area contributed by atoms with E-state index >= 15 is 0 Å². The molecule has 0 bridgehead atoms. The second-order valence-corrected chi connectivity index (χ2v) is 8.17. The molecule has 160 valence electrons. The molecule has 1 amide bonds. The van der Waals surface area contributed by atoms with Gasteiger partial charge in [-0.25, -0.2) is 9.50 Å². The Morgan fingerprint density at radius 1 is 1.30 bits per heavy atom. The SMILES string of the molecule is CCc1c(C)[nH]n2c(=O)cc([C@H]3CCN(C(=O)CCc4cn(CC)nc4C)C3)nc12. The van der Waals surface area contributed by atoms with Crippen molar-refractivity contribution in [1.82, 2.24) is 29.3 Å². The van der Waals surface area contributed by atoms with Gasteiger partial charge in [0.15, 0.2) is 5.65 Å². The molecule has 8 nitrogen and oxygen atoms in total. The highest BCUT2D eigenvalue weighted by Crippen LogP contribution is 2.27. The Morgan fingerprint density at radius 3 is 2.80 bits per heavy atom. The van der Waals surface area contributed by atoms with E-state index in [0.29, 0.717) is 31.6 Å². The summed E-state index contributed by atoms with van der Waals surface area (Å²) in [4.78, 5) is 32.1. The van der Waals surface area contributed by atoms with Crippen LogP contribution in [0, 0.1) is 13.8 Å². The van der Waals surface area contributed by atoms with E-state index in [1.807, 2.05) is 29.6 Å². The third-order valence-electron chi connectivity index (χ3n) is 6.23. The number of carbonyl (C=O) groups excluding carboxylic acids is 1. The number of hydrogen-bond acceptors (Lipinski definition) is 4. The number of carbonyl (C=O) groups is 1. The first-order chi connectivity index (χ1) is 14.4. The van der Waals surface area contributed by atoms with Crippen LogP contribution < -0.4 is 5.56 Å². The number of amides is 1. The lowest BCUT2D eigenvalue weighted by Gasteiger charge is -2.16. The first-order valence-electron chi connectivity index (χ1n) is 10.8. The maximum absolute atomic E-state index is 12.8. The first-order valence-corrected chi connectivity index (χ1v) is 10.8. The number of aryl methyl sites for hydroxylation is 5. The standard InChI is InChI=1S/C22H30N6O2/c1-5-18-15(4)25-28-21(30)11-19(23-22(18)28)17-9-10-26(12-17)20(29)8-7-16-13-27(6-2)24-14(16)3/h11,13,17,25H,5-10,12H2,1-4H3/t17-/m0/s1. The molecule has 0 aromatic carbocycles. The number of aromatic nitrogens is 5. The van der Waals surface area contributed by atoms with Gasteiger partial charge in [-0.15, -0.1) is 0 Å². The van der Waals surface area contributed by atoms with Crippen molar-refractivity contribution in [3.63, 3.8) is 0 Å². The first kappa shape index (κ1) is 20.4. The molecule has 3 aromatic heterocycles. The zero-order valence-corrected chi connectivity index (χ0v) is 18.2. The van der Waals surface area contributed by atoms with Gasteiger partial charge in [0.25, 0.3) is 5.56 Å². The van der Waals surface area contributed by atoms with E-state index < -0.39 is 0 Å². The van der Waals surface area contributed by atoms with Crippen LogP contribution in [-0.4, -0.2) is 48.3 Å². The molecule has 0 radical (unpaired) electrons. The molecule has 1 fully saturated rings. The minimum absolute atomic E-state index is 0.0917. The summed E-state index contributed by atoms with van der Waals surface area (Å²) in [5, 5.41) is 7.56. The fraction of sp³-hybridized carbons (Fsp3) is 0.545. The molecule has 1 aliphatic rings. The number of likely N-dealkylation sites (tertiary alicyclic amines) is 1. The van der Waals surface area contributed by atoms with Gasteiger partial charge in [0, 0.05) is 55.5 Å². The minimum Gasteiger partial charge on any atom is -0.342 e. The van der Waals surface area contributed by atoms with Gasteiger partial charge in [-0.3, -0.25) is 19.4 Å². The van der Waals surface area contributed by atoms with Gasteiger partial charge in [-0.2, -0.15) is 5.10 Å². The van der Waals surface area contributed by atoms with E-state index in [2.05, 4.69) is 24.0 Å². The molecule has 1 N–H and O–H groups in total. The van der Waals surface area contributed by atoms with Crippen molar-refractivity contribution >= 4 is 11.6 Å². The number of fused-ring (bicyclic) bond motifs is 1. The van der Waals surface area contributed by atoms with Crippen LogP contribution in [0.4, 0.5) is 0 Å². The molecule has 1 atom stereocenters. The van der Waals surface area contributed by atoms with Gasteiger partial charge < -0.3 is 4.90 Å². The summed E-state index contributed by atoms with van der Waals surface area (Å²) in [5.74, 6) is 0.266. The maximum Gasteiger partial charge on any atom is 0.272 e. The Balaban J connectivity index is 1.45. The van der Waals surface area contributed by atoms with Gasteiger partial charge in [-0.05, 0) is 45.6 Å².